The number of hydrogen-bond acceptors (Lipinski definition) is 4. The van der Waals surface area contributed by atoms with Crippen LogP contribution < -0.4 is 5.73 Å². The molecule has 0 saturated heterocycles. The number of nitrogen functional groups attached to an aromatic ring is 1. The van der Waals surface area contributed by atoms with Gasteiger partial charge in [-0.2, -0.15) is 0 Å². The summed E-state index contributed by atoms with van der Waals surface area (Å²) in [6.45, 7) is 0. The lowest BCUT2D eigenvalue weighted by molar-refractivity contribution is 0.419. The second kappa shape index (κ2) is 5.43. The SMILES string of the molecule is Nc1onc(CCC2CCCC2)c1-c1ccccn1. The van der Waals surface area contributed by atoms with Gasteiger partial charge in [-0.15, -0.1) is 0 Å². The predicted octanol–water partition coefficient (Wildman–Crippen LogP) is 3.44. The van der Waals surface area contributed by atoms with Crippen molar-refractivity contribution < 1.29 is 4.52 Å². The topological polar surface area (TPSA) is 64.9 Å². The molecule has 0 atom stereocenters. The quantitative estimate of drug-likeness (QED) is 0.911. The van der Waals surface area contributed by atoms with Crippen LogP contribution in [0, 0.1) is 5.92 Å². The standard InChI is InChI=1S/C15H19N3O/c16-15-14(12-7-3-4-10-17-12)13(18-19-15)9-8-11-5-1-2-6-11/h3-4,7,10-11H,1-2,5-6,8-9,16H2. The molecule has 2 aromatic heterocycles. The van der Waals surface area contributed by atoms with Gasteiger partial charge in [-0.1, -0.05) is 36.9 Å². The van der Waals surface area contributed by atoms with Crippen molar-refractivity contribution in [1.82, 2.24) is 10.1 Å². The summed E-state index contributed by atoms with van der Waals surface area (Å²) in [5, 5.41) is 4.11. The molecule has 2 N–H and O–H groups in total. The van der Waals surface area contributed by atoms with Gasteiger partial charge in [0.15, 0.2) is 0 Å². The van der Waals surface area contributed by atoms with Crippen molar-refractivity contribution >= 4 is 5.88 Å². The van der Waals surface area contributed by atoms with Crippen LogP contribution in [0.1, 0.15) is 37.8 Å². The first-order valence-electron chi connectivity index (χ1n) is 7.00. The van der Waals surface area contributed by atoms with Crippen LogP contribution in [0.4, 0.5) is 5.88 Å². The maximum Gasteiger partial charge on any atom is 0.231 e. The van der Waals surface area contributed by atoms with Gasteiger partial charge in [-0.05, 0) is 30.9 Å². The minimum Gasteiger partial charge on any atom is -0.367 e. The molecule has 0 aliphatic heterocycles. The Hall–Kier alpha value is -1.84. The summed E-state index contributed by atoms with van der Waals surface area (Å²) in [5.41, 5.74) is 8.56. The lowest BCUT2D eigenvalue weighted by atomic mass is 9.98. The van der Waals surface area contributed by atoms with E-state index in [0.717, 1.165) is 29.3 Å². The van der Waals surface area contributed by atoms with Crippen molar-refractivity contribution in [3.05, 3.63) is 30.1 Å². The third-order valence-electron chi connectivity index (χ3n) is 3.97. The minimum absolute atomic E-state index is 0.375. The average Bonchev–Trinajstić information content (AvgIpc) is 3.07. The molecule has 0 spiro atoms. The first kappa shape index (κ1) is 12.2. The van der Waals surface area contributed by atoms with Crippen LogP contribution >= 0.6 is 0 Å². The van der Waals surface area contributed by atoms with Crippen molar-refractivity contribution in [3.63, 3.8) is 0 Å². The van der Waals surface area contributed by atoms with Crippen LogP contribution in [0.2, 0.25) is 0 Å². The molecule has 1 aliphatic rings. The number of nitrogens with two attached hydrogens (primary N) is 1. The lowest BCUT2D eigenvalue weighted by Gasteiger charge is -2.07. The first-order valence-corrected chi connectivity index (χ1v) is 7.00. The van der Waals surface area contributed by atoms with Gasteiger partial charge in [0, 0.05) is 6.20 Å². The molecule has 4 nitrogen and oxygen atoms in total. The zero-order chi connectivity index (χ0) is 13.1. The molecule has 0 amide bonds. The van der Waals surface area contributed by atoms with Crippen LogP contribution in [0.3, 0.4) is 0 Å². The number of pyridine rings is 1. The highest BCUT2D eigenvalue weighted by Crippen LogP contribution is 2.32. The molecule has 1 fully saturated rings. The van der Waals surface area contributed by atoms with Crippen LogP contribution in [-0.4, -0.2) is 10.1 Å². The Morgan fingerprint density at radius 3 is 2.84 bits per heavy atom. The summed E-state index contributed by atoms with van der Waals surface area (Å²) in [7, 11) is 0. The molecule has 1 saturated carbocycles. The fraction of sp³-hybridized carbons (Fsp3) is 0.467. The number of aryl methyl sites for hydroxylation is 1. The van der Waals surface area contributed by atoms with Gasteiger partial charge in [0.25, 0.3) is 0 Å². The molecule has 100 valence electrons. The molecule has 0 unspecified atom stereocenters. The second-order valence-corrected chi connectivity index (χ2v) is 5.27. The maximum absolute atomic E-state index is 5.89. The Labute approximate surface area is 113 Å². The van der Waals surface area contributed by atoms with Gasteiger partial charge < -0.3 is 10.3 Å². The van der Waals surface area contributed by atoms with Gasteiger partial charge in [0.1, 0.15) is 0 Å². The maximum atomic E-state index is 5.89. The Bertz CT molecular complexity index is 530. The summed E-state index contributed by atoms with van der Waals surface area (Å²) in [4.78, 5) is 4.34. The van der Waals surface area contributed by atoms with E-state index in [1.165, 1.54) is 32.1 Å². The van der Waals surface area contributed by atoms with Crippen LogP contribution in [0.25, 0.3) is 11.3 Å². The van der Waals surface area contributed by atoms with Gasteiger partial charge in [-0.25, -0.2) is 0 Å². The Kier molecular flexibility index (Phi) is 3.49. The normalized spacial score (nSPS) is 16.0. The highest BCUT2D eigenvalue weighted by molar-refractivity contribution is 5.71. The molecular formula is C15H19N3O. The minimum atomic E-state index is 0.375. The number of rotatable bonds is 4. The van der Waals surface area contributed by atoms with Crippen molar-refractivity contribution in [3.8, 4) is 11.3 Å². The van der Waals surface area contributed by atoms with E-state index < -0.39 is 0 Å². The summed E-state index contributed by atoms with van der Waals surface area (Å²) >= 11 is 0. The Morgan fingerprint density at radius 1 is 1.26 bits per heavy atom. The molecule has 4 heteroatoms. The predicted molar refractivity (Wildman–Crippen MR) is 74.4 cm³/mol. The van der Waals surface area contributed by atoms with Crippen molar-refractivity contribution in [1.29, 1.82) is 0 Å². The number of nitrogens with zero attached hydrogens (tertiary/aromatic N) is 2. The average molecular weight is 257 g/mol. The van der Waals surface area contributed by atoms with E-state index in [9.17, 15) is 0 Å². The fourth-order valence-corrected chi connectivity index (χ4v) is 2.93. The Balaban J connectivity index is 1.78. The zero-order valence-corrected chi connectivity index (χ0v) is 11.0. The van der Waals surface area contributed by atoms with Gasteiger partial charge >= 0.3 is 0 Å². The molecule has 2 aromatic rings. The molecule has 3 rings (SSSR count). The third-order valence-corrected chi connectivity index (χ3v) is 3.97. The van der Waals surface area contributed by atoms with E-state index in [1.54, 1.807) is 6.20 Å². The highest BCUT2D eigenvalue weighted by atomic mass is 16.5. The zero-order valence-electron chi connectivity index (χ0n) is 11.0. The monoisotopic (exact) mass is 257 g/mol. The fourth-order valence-electron chi connectivity index (χ4n) is 2.93. The van der Waals surface area contributed by atoms with Crippen LogP contribution in [0.15, 0.2) is 28.9 Å². The molecule has 2 heterocycles. The van der Waals surface area contributed by atoms with Crippen LogP contribution in [0.5, 0.6) is 0 Å². The van der Waals surface area contributed by atoms with Crippen LogP contribution in [-0.2, 0) is 6.42 Å². The van der Waals surface area contributed by atoms with Crippen molar-refractivity contribution in [2.75, 3.05) is 5.73 Å². The van der Waals surface area contributed by atoms with Crippen molar-refractivity contribution in [2.24, 2.45) is 5.92 Å². The second-order valence-electron chi connectivity index (χ2n) is 5.27. The van der Waals surface area contributed by atoms with E-state index in [0.29, 0.717) is 5.88 Å². The highest BCUT2D eigenvalue weighted by Gasteiger charge is 2.20. The number of anilines is 1. The summed E-state index contributed by atoms with van der Waals surface area (Å²) in [6, 6.07) is 5.79. The first-order chi connectivity index (χ1) is 9.34. The molecule has 0 radical (unpaired) electrons. The molecule has 0 bridgehead atoms. The summed E-state index contributed by atoms with van der Waals surface area (Å²) in [6.07, 6.45) is 9.32. The summed E-state index contributed by atoms with van der Waals surface area (Å²) in [5.74, 6) is 1.22. The van der Waals surface area contributed by atoms with E-state index in [2.05, 4.69) is 10.1 Å². The van der Waals surface area contributed by atoms with E-state index in [1.807, 2.05) is 18.2 Å². The number of hydrogen-bond donors (Lipinski definition) is 1. The van der Waals surface area contributed by atoms with E-state index in [-0.39, 0.29) is 0 Å². The van der Waals surface area contributed by atoms with Gasteiger partial charge in [-0.3, -0.25) is 4.98 Å². The lowest BCUT2D eigenvalue weighted by Crippen LogP contribution is -1.99. The van der Waals surface area contributed by atoms with Gasteiger partial charge in [0.05, 0.1) is 17.0 Å². The smallest absolute Gasteiger partial charge is 0.231 e. The molecular weight excluding hydrogens is 238 g/mol. The summed E-state index contributed by atoms with van der Waals surface area (Å²) < 4.78 is 5.15. The van der Waals surface area contributed by atoms with Crippen molar-refractivity contribution in [2.45, 2.75) is 38.5 Å². The van der Waals surface area contributed by atoms with E-state index >= 15 is 0 Å². The molecule has 19 heavy (non-hydrogen) atoms. The number of aromatic nitrogens is 2. The Morgan fingerprint density at radius 2 is 2.11 bits per heavy atom. The third kappa shape index (κ3) is 2.62. The largest absolute Gasteiger partial charge is 0.367 e. The van der Waals surface area contributed by atoms with Gasteiger partial charge in [0.2, 0.25) is 5.88 Å². The molecule has 0 aromatic carbocycles. The van der Waals surface area contributed by atoms with E-state index in [4.69, 9.17) is 10.3 Å². The molecule has 1 aliphatic carbocycles.